The van der Waals surface area contributed by atoms with Crippen LogP contribution in [0.15, 0.2) is 5.38 Å². The lowest BCUT2D eigenvalue weighted by Crippen LogP contribution is -2.42. The van der Waals surface area contributed by atoms with Crippen molar-refractivity contribution < 1.29 is 9.53 Å². The highest BCUT2D eigenvalue weighted by Crippen LogP contribution is 2.32. The molecule has 3 nitrogen and oxygen atoms in total. The first kappa shape index (κ1) is 14.5. The highest BCUT2D eigenvalue weighted by atomic mass is 35.5. The summed E-state index contributed by atoms with van der Waals surface area (Å²) in [5.41, 5.74) is 2.08. The Morgan fingerprint density at radius 2 is 2.24 bits per heavy atom. The van der Waals surface area contributed by atoms with Gasteiger partial charge in [0, 0.05) is 12.0 Å². The second-order valence-corrected chi connectivity index (χ2v) is 5.38. The number of hydrogen-bond acceptors (Lipinski definition) is 3. The number of halogens is 1. The number of aryl methyl sites for hydroxylation is 2. The summed E-state index contributed by atoms with van der Waals surface area (Å²) in [6, 6.07) is -0.0155. The van der Waals surface area contributed by atoms with Crippen LogP contribution in [0.1, 0.15) is 17.4 Å². The van der Waals surface area contributed by atoms with E-state index in [1.165, 1.54) is 0 Å². The van der Waals surface area contributed by atoms with Gasteiger partial charge in [0.15, 0.2) is 0 Å². The molecule has 1 aromatic heterocycles. The molecule has 1 heterocycles. The number of amides is 1. The van der Waals surface area contributed by atoms with Gasteiger partial charge in [-0.2, -0.15) is 0 Å². The number of nitrogens with zero attached hydrogens (tertiary/aromatic N) is 1. The van der Waals surface area contributed by atoms with Crippen molar-refractivity contribution in [2.24, 2.45) is 0 Å². The normalized spacial score (nSPS) is 12.5. The lowest BCUT2D eigenvalue weighted by atomic mass is 10.2. The molecular formula is C12H18ClNO2S. The largest absolute Gasteiger partial charge is 0.383 e. The van der Waals surface area contributed by atoms with Gasteiger partial charge in [0.25, 0.3) is 0 Å². The van der Waals surface area contributed by atoms with E-state index >= 15 is 0 Å². The number of methoxy groups -OCH3 is 1. The van der Waals surface area contributed by atoms with Gasteiger partial charge in [0.05, 0.1) is 18.3 Å². The molecule has 0 aromatic carbocycles. The molecule has 96 valence electrons. The molecule has 1 amide bonds. The summed E-state index contributed by atoms with van der Waals surface area (Å²) in [4.78, 5) is 14.9. The third kappa shape index (κ3) is 3.21. The third-order valence-electron chi connectivity index (χ3n) is 2.59. The summed E-state index contributed by atoms with van der Waals surface area (Å²) >= 11 is 7.33. The van der Waals surface area contributed by atoms with Crippen LogP contribution in [0, 0.1) is 13.8 Å². The summed E-state index contributed by atoms with van der Waals surface area (Å²) in [7, 11) is 1.63. The first-order valence-corrected chi connectivity index (χ1v) is 6.86. The van der Waals surface area contributed by atoms with E-state index < -0.39 is 0 Å². The minimum Gasteiger partial charge on any atom is -0.383 e. The Morgan fingerprint density at radius 3 is 2.65 bits per heavy atom. The summed E-state index contributed by atoms with van der Waals surface area (Å²) in [5.74, 6) is -0.0937. The standard InChI is InChI=1S/C12H18ClNO2S/c1-8-7-17-10(3)12(8)14(11(15)5-13)9(2)6-16-4/h7,9H,5-6H2,1-4H3/t9-/m0/s1. The zero-order chi connectivity index (χ0) is 13.0. The molecule has 0 fully saturated rings. The number of carbonyl (C=O) groups excluding carboxylic acids is 1. The molecule has 0 unspecified atom stereocenters. The van der Waals surface area contributed by atoms with E-state index in [0.717, 1.165) is 16.1 Å². The van der Waals surface area contributed by atoms with Crippen molar-refractivity contribution in [1.29, 1.82) is 0 Å². The Morgan fingerprint density at radius 1 is 1.59 bits per heavy atom. The Hall–Kier alpha value is -0.580. The molecule has 0 spiro atoms. The molecule has 1 rings (SSSR count). The molecule has 0 bridgehead atoms. The summed E-state index contributed by atoms with van der Waals surface area (Å²) in [6.07, 6.45) is 0. The van der Waals surface area contributed by atoms with Gasteiger partial charge in [-0.05, 0) is 31.7 Å². The predicted molar refractivity (Wildman–Crippen MR) is 73.3 cm³/mol. The molecule has 0 radical (unpaired) electrons. The van der Waals surface area contributed by atoms with Gasteiger partial charge < -0.3 is 9.64 Å². The van der Waals surface area contributed by atoms with Crippen LogP contribution in [0.25, 0.3) is 0 Å². The molecule has 5 heteroatoms. The highest BCUT2D eigenvalue weighted by molar-refractivity contribution is 7.10. The number of thiophene rings is 1. The summed E-state index contributed by atoms with van der Waals surface area (Å²) in [5, 5.41) is 2.05. The van der Waals surface area contributed by atoms with E-state index in [-0.39, 0.29) is 17.8 Å². The van der Waals surface area contributed by atoms with E-state index in [9.17, 15) is 4.79 Å². The molecule has 0 N–H and O–H groups in total. The fraction of sp³-hybridized carbons (Fsp3) is 0.583. The van der Waals surface area contributed by atoms with Crippen molar-refractivity contribution in [1.82, 2.24) is 0 Å². The lowest BCUT2D eigenvalue weighted by Gasteiger charge is -2.29. The Kier molecular flexibility index (Phi) is 5.43. The quantitative estimate of drug-likeness (QED) is 0.773. The van der Waals surface area contributed by atoms with E-state index in [4.69, 9.17) is 16.3 Å². The van der Waals surface area contributed by atoms with E-state index in [1.807, 2.05) is 20.8 Å². The first-order valence-electron chi connectivity index (χ1n) is 5.44. The minimum atomic E-state index is -0.0826. The lowest BCUT2D eigenvalue weighted by molar-refractivity contribution is -0.116. The molecule has 0 saturated carbocycles. The van der Waals surface area contributed by atoms with Crippen molar-refractivity contribution >= 4 is 34.5 Å². The second-order valence-electron chi connectivity index (χ2n) is 4.03. The van der Waals surface area contributed by atoms with Gasteiger partial charge in [-0.1, -0.05) is 0 Å². The van der Waals surface area contributed by atoms with E-state index in [2.05, 4.69) is 5.38 Å². The number of rotatable bonds is 5. The van der Waals surface area contributed by atoms with E-state index in [1.54, 1.807) is 23.3 Å². The van der Waals surface area contributed by atoms with Crippen LogP contribution in [-0.4, -0.2) is 31.5 Å². The summed E-state index contributed by atoms with van der Waals surface area (Å²) < 4.78 is 5.12. The van der Waals surface area contributed by atoms with Crippen LogP contribution in [0.4, 0.5) is 5.69 Å². The van der Waals surface area contributed by atoms with Crippen LogP contribution in [0.2, 0.25) is 0 Å². The predicted octanol–water partition coefficient (Wildman–Crippen LogP) is 2.97. The number of alkyl halides is 1. The highest BCUT2D eigenvalue weighted by Gasteiger charge is 2.24. The number of carbonyl (C=O) groups is 1. The smallest absolute Gasteiger partial charge is 0.242 e. The molecule has 0 aliphatic carbocycles. The van der Waals surface area contributed by atoms with Gasteiger partial charge in [0.1, 0.15) is 5.88 Å². The fourth-order valence-electron chi connectivity index (χ4n) is 1.90. The van der Waals surface area contributed by atoms with Crippen molar-refractivity contribution in [3.05, 3.63) is 15.8 Å². The molecule has 0 aliphatic heterocycles. The Labute approximate surface area is 111 Å². The van der Waals surface area contributed by atoms with Crippen molar-refractivity contribution in [3.63, 3.8) is 0 Å². The van der Waals surface area contributed by atoms with E-state index in [0.29, 0.717) is 6.61 Å². The molecule has 1 atom stereocenters. The average Bonchev–Trinajstić information content (AvgIpc) is 2.61. The van der Waals surface area contributed by atoms with Gasteiger partial charge in [-0.3, -0.25) is 4.79 Å². The van der Waals surface area contributed by atoms with Gasteiger partial charge >= 0.3 is 0 Å². The van der Waals surface area contributed by atoms with Crippen LogP contribution in [0.3, 0.4) is 0 Å². The zero-order valence-corrected chi connectivity index (χ0v) is 12.2. The van der Waals surface area contributed by atoms with Crippen LogP contribution in [-0.2, 0) is 9.53 Å². The Balaban J connectivity index is 3.10. The molecule has 0 saturated heterocycles. The summed E-state index contributed by atoms with van der Waals surface area (Å²) in [6.45, 7) is 6.48. The minimum absolute atomic E-state index is 0.0111. The molecular weight excluding hydrogens is 258 g/mol. The van der Waals surface area contributed by atoms with Crippen molar-refractivity contribution in [2.75, 3.05) is 24.5 Å². The van der Waals surface area contributed by atoms with Crippen molar-refractivity contribution in [2.45, 2.75) is 26.8 Å². The maximum Gasteiger partial charge on any atom is 0.242 e. The fourth-order valence-corrected chi connectivity index (χ4v) is 2.86. The molecule has 0 aliphatic rings. The van der Waals surface area contributed by atoms with Gasteiger partial charge in [-0.25, -0.2) is 0 Å². The van der Waals surface area contributed by atoms with Crippen LogP contribution in [0.5, 0.6) is 0 Å². The number of hydrogen-bond donors (Lipinski definition) is 0. The molecule has 17 heavy (non-hydrogen) atoms. The maximum absolute atomic E-state index is 12.0. The van der Waals surface area contributed by atoms with Crippen LogP contribution < -0.4 is 4.90 Å². The Bertz CT molecular complexity index is 372. The van der Waals surface area contributed by atoms with Gasteiger partial charge in [-0.15, -0.1) is 22.9 Å². The average molecular weight is 276 g/mol. The topological polar surface area (TPSA) is 29.5 Å². The zero-order valence-electron chi connectivity index (χ0n) is 10.6. The third-order valence-corrected chi connectivity index (χ3v) is 3.84. The van der Waals surface area contributed by atoms with Gasteiger partial charge in [0.2, 0.25) is 5.91 Å². The van der Waals surface area contributed by atoms with Crippen LogP contribution >= 0.6 is 22.9 Å². The molecule has 1 aromatic rings. The number of ether oxygens (including phenoxy) is 1. The van der Waals surface area contributed by atoms with Crippen molar-refractivity contribution in [3.8, 4) is 0 Å². The number of anilines is 1. The SMILES string of the molecule is COC[C@H](C)N(C(=O)CCl)c1c(C)csc1C. The second kappa shape index (κ2) is 6.38. The first-order chi connectivity index (χ1) is 8.02. The monoisotopic (exact) mass is 275 g/mol. The maximum atomic E-state index is 12.0.